The predicted molar refractivity (Wildman–Crippen MR) is 73.8 cm³/mol. The van der Waals surface area contributed by atoms with E-state index in [1.165, 1.54) is 24.6 Å². The van der Waals surface area contributed by atoms with Gasteiger partial charge in [0, 0.05) is 11.1 Å². The number of benzene rings is 1. The molecule has 0 amide bonds. The number of hydrogen-bond acceptors (Lipinski definition) is 1. The van der Waals surface area contributed by atoms with E-state index in [9.17, 15) is 8.78 Å². The molecule has 1 aliphatic carbocycles. The molecule has 3 heteroatoms. The SMILES string of the molecule is CC(C)C1CCCC(N)(Cc2c(F)cccc2F)C1. The largest absolute Gasteiger partial charge is 0.325 e. The molecule has 0 radical (unpaired) electrons. The standard InChI is InChI=1S/C16H23F2N/c1-11(2)12-5-4-8-16(19,9-12)10-13-14(17)6-3-7-15(13)18/h3,6-7,11-12H,4-5,8-10,19H2,1-2H3. The second-order valence-electron chi connectivity index (χ2n) is 6.34. The lowest BCUT2D eigenvalue weighted by molar-refractivity contribution is 0.180. The Morgan fingerprint density at radius 1 is 1.32 bits per heavy atom. The summed E-state index contributed by atoms with van der Waals surface area (Å²) >= 11 is 0. The molecule has 0 aromatic heterocycles. The normalized spacial score (nSPS) is 27.8. The van der Waals surface area contributed by atoms with Gasteiger partial charge in [-0.3, -0.25) is 0 Å². The predicted octanol–water partition coefficient (Wildman–Crippen LogP) is 4.05. The minimum atomic E-state index is -0.475. The second kappa shape index (κ2) is 5.58. The molecule has 1 fully saturated rings. The van der Waals surface area contributed by atoms with Crippen LogP contribution in [0.5, 0.6) is 0 Å². The first-order valence-electron chi connectivity index (χ1n) is 7.13. The van der Waals surface area contributed by atoms with Gasteiger partial charge in [-0.25, -0.2) is 8.78 Å². The maximum Gasteiger partial charge on any atom is 0.129 e. The van der Waals surface area contributed by atoms with Crippen molar-refractivity contribution in [3.63, 3.8) is 0 Å². The Morgan fingerprint density at radius 3 is 2.53 bits per heavy atom. The van der Waals surface area contributed by atoms with E-state index < -0.39 is 17.2 Å². The molecule has 1 aromatic rings. The van der Waals surface area contributed by atoms with E-state index in [4.69, 9.17) is 5.73 Å². The maximum atomic E-state index is 13.7. The topological polar surface area (TPSA) is 26.0 Å². The molecule has 0 aliphatic heterocycles. The van der Waals surface area contributed by atoms with Gasteiger partial charge < -0.3 is 5.73 Å². The summed E-state index contributed by atoms with van der Waals surface area (Å²) < 4.78 is 27.5. The molecule has 1 aromatic carbocycles. The van der Waals surface area contributed by atoms with Crippen molar-refractivity contribution in [1.82, 2.24) is 0 Å². The quantitative estimate of drug-likeness (QED) is 0.878. The van der Waals surface area contributed by atoms with E-state index >= 15 is 0 Å². The number of hydrogen-bond donors (Lipinski definition) is 1. The summed E-state index contributed by atoms with van der Waals surface area (Å²) in [6, 6.07) is 4.02. The Kier molecular flexibility index (Phi) is 4.24. The Bertz CT molecular complexity index is 424. The van der Waals surface area contributed by atoms with Crippen LogP contribution in [0.3, 0.4) is 0 Å². The van der Waals surface area contributed by atoms with Gasteiger partial charge in [-0.2, -0.15) is 0 Å². The van der Waals surface area contributed by atoms with E-state index in [0.717, 1.165) is 19.3 Å². The molecule has 1 saturated carbocycles. The molecule has 2 N–H and O–H groups in total. The van der Waals surface area contributed by atoms with E-state index in [1.54, 1.807) is 0 Å². The number of rotatable bonds is 3. The van der Waals surface area contributed by atoms with Crippen molar-refractivity contribution in [3.8, 4) is 0 Å². The van der Waals surface area contributed by atoms with Crippen LogP contribution in [0.1, 0.15) is 45.1 Å². The number of nitrogens with two attached hydrogens (primary N) is 1. The fourth-order valence-electron chi connectivity index (χ4n) is 3.23. The van der Waals surface area contributed by atoms with Crippen LogP contribution in [0.25, 0.3) is 0 Å². The summed E-state index contributed by atoms with van der Waals surface area (Å²) in [5.41, 5.74) is 6.11. The van der Waals surface area contributed by atoms with Gasteiger partial charge in [0.05, 0.1) is 0 Å². The average molecular weight is 267 g/mol. The van der Waals surface area contributed by atoms with Crippen molar-refractivity contribution in [3.05, 3.63) is 35.4 Å². The molecule has 0 saturated heterocycles. The summed E-state index contributed by atoms with van der Waals surface area (Å²) in [5, 5.41) is 0. The number of halogens is 2. The first-order chi connectivity index (χ1) is 8.91. The fraction of sp³-hybridized carbons (Fsp3) is 0.625. The monoisotopic (exact) mass is 267 g/mol. The third kappa shape index (κ3) is 3.33. The third-order valence-corrected chi connectivity index (χ3v) is 4.45. The van der Waals surface area contributed by atoms with Gasteiger partial charge in [0.25, 0.3) is 0 Å². The highest BCUT2D eigenvalue weighted by Crippen LogP contribution is 2.37. The lowest BCUT2D eigenvalue weighted by atomic mass is 9.70. The Morgan fingerprint density at radius 2 is 1.95 bits per heavy atom. The smallest absolute Gasteiger partial charge is 0.129 e. The van der Waals surface area contributed by atoms with Gasteiger partial charge in [0.2, 0.25) is 0 Å². The van der Waals surface area contributed by atoms with Gasteiger partial charge in [-0.1, -0.05) is 32.8 Å². The van der Waals surface area contributed by atoms with E-state index in [-0.39, 0.29) is 5.56 Å². The van der Waals surface area contributed by atoms with Crippen LogP contribution in [-0.4, -0.2) is 5.54 Å². The van der Waals surface area contributed by atoms with Gasteiger partial charge in [-0.05, 0) is 43.2 Å². The van der Waals surface area contributed by atoms with Gasteiger partial charge >= 0.3 is 0 Å². The molecule has 19 heavy (non-hydrogen) atoms. The summed E-state index contributed by atoms with van der Waals surface area (Å²) in [6.45, 7) is 4.39. The Balaban J connectivity index is 2.17. The lowest BCUT2D eigenvalue weighted by Crippen LogP contribution is -2.47. The van der Waals surface area contributed by atoms with E-state index in [0.29, 0.717) is 18.3 Å². The summed E-state index contributed by atoms with van der Waals surface area (Å²) in [4.78, 5) is 0. The molecule has 0 bridgehead atoms. The average Bonchev–Trinajstić information content (AvgIpc) is 2.34. The summed E-state index contributed by atoms with van der Waals surface area (Å²) in [6.07, 6.45) is 4.24. The third-order valence-electron chi connectivity index (χ3n) is 4.45. The highest BCUT2D eigenvalue weighted by atomic mass is 19.1. The zero-order valence-electron chi connectivity index (χ0n) is 11.8. The Hall–Kier alpha value is -0.960. The molecule has 1 aliphatic rings. The van der Waals surface area contributed by atoms with Crippen LogP contribution in [0, 0.1) is 23.5 Å². The highest BCUT2D eigenvalue weighted by molar-refractivity contribution is 5.22. The van der Waals surface area contributed by atoms with Crippen LogP contribution >= 0.6 is 0 Å². The second-order valence-corrected chi connectivity index (χ2v) is 6.34. The van der Waals surface area contributed by atoms with Crippen molar-refractivity contribution in [2.24, 2.45) is 17.6 Å². The van der Waals surface area contributed by atoms with E-state index in [2.05, 4.69) is 13.8 Å². The van der Waals surface area contributed by atoms with Crippen LogP contribution in [-0.2, 0) is 6.42 Å². The van der Waals surface area contributed by atoms with Crippen molar-refractivity contribution < 1.29 is 8.78 Å². The summed E-state index contributed by atoms with van der Waals surface area (Å²) in [5.74, 6) is 0.190. The van der Waals surface area contributed by atoms with Crippen molar-refractivity contribution >= 4 is 0 Å². The van der Waals surface area contributed by atoms with Gasteiger partial charge in [0.15, 0.2) is 0 Å². The van der Waals surface area contributed by atoms with Crippen LogP contribution in [0.4, 0.5) is 8.78 Å². The molecule has 2 atom stereocenters. The minimum absolute atomic E-state index is 0.148. The highest BCUT2D eigenvalue weighted by Gasteiger charge is 2.35. The van der Waals surface area contributed by atoms with Crippen molar-refractivity contribution in [2.75, 3.05) is 0 Å². The van der Waals surface area contributed by atoms with Crippen LogP contribution in [0.2, 0.25) is 0 Å². The molecule has 2 unspecified atom stereocenters. The molecule has 2 rings (SSSR count). The molecule has 0 spiro atoms. The van der Waals surface area contributed by atoms with Gasteiger partial charge in [-0.15, -0.1) is 0 Å². The fourth-order valence-corrected chi connectivity index (χ4v) is 3.23. The van der Waals surface area contributed by atoms with Crippen LogP contribution < -0.4 is 5.73 Å². The Labute approximate surface area is 114 Å². The molecule has 1 nitrogen and oxygen atoms in total. The zero-order chi connectivity index (χ0) is 14.0. The maximum absolute atomic E-state index is 13.7. The minimum Gasteiger partial charge on any atom is -0.325 e. The molecular formula is C16H23F2N. The van der Waals surface area contributed by atoms with Crippen molar-refractivity contribution in [2.45, 2.75) is 51.5 Å². The first-order valence-corrected chi connectivity index (χ1v) is 7.13. The van der Waals surface area contributed by atoms with Crippen molar-refractivity contribution in [1.29, 1.82) is 0 Å². The molecular weight excluding hydrogens is 244 g/mol. The van der Waals surface area contributed by atoms with Gasteiger partial charge in [0.1, 0.15) is 11.6 Å². The zero-order valence-corrected chi connectivity index (χ0v) is 11.8. The lowest BCUT2D eigenvalue weighted by Gasteiger charge is -2.40. The first kappa shape index (κ1) is 14.4. The van der Waals surface area contributed by atoms with E-state index in [1.807, 2.05) is 0 Å². The van der Waals surface area contributed by atoms with Crippen LogP contribution in [0.15, 0.2) is 18.2 Å². The summed E-state index contributed by atoms with van der Waals surface area (Å²) in [7, 11) is 0. The molecule has 0 heterocycles. The molecule has 106 valence electrons.